The minimum absolute atomic E-state index is 0.650. The second-order valence-electron chi connectivity index (χ2n) is 2.57. The lowest BCUT2D eigenvalue weighted by Gasteiger charge is -2.06. The normalized spacial score (nSPS) is 10.2. The smallest absolute Gasteiger partial charge is 0.0646 e. The first kappa shape index (κ1) is 9.75. The summed E-state index contributed by atoms with van der Waals surface area (Å²) in [5.41, 5.74) is 7.50. The molecular weight excluding hydrogens is 190 g/mol. The number of halogens is 1. The highest BCUT2D eigenvalue weighted by molar-refractivity contribution is 7.99. The second-order valence-corrected chi connectivity index (χ2v) is 4.29. The molecule has 1 aromatic rings. The van der Waals surface area contributed by atoms with Gasteiger partial charge in [0, 0.05) is 4.90 Å². The van der Waals surface area contributed by atoms with E-state index in [0.29, 0.717) is 10.7 Å². The first-order valence-corrected chi connectivity index (χ1v) is 5.20. The first-order valence-electron chi connectivity index (χ1n) is 3.83. The summed E-state index contributed by atoms with van der Waals surface area (Å²) in [6.45, 7) is 4.17. The Balaban J connectivity index is 3.05. The molecule has 0 aromatic heterocycles. The molecule has 3 heteroatoms. The van der Waals surface area contributed by atoms with Gasteiger partial charge in [-0.15, -0.1) is 11.8 Å². The number of hydrogen-bond acceptors (Lipinski definition) is 2. The van der Waals surface area contributed by atoms with Crippen molar-refractivity contribution in [3.05, 3.63) is 22.7 Å². The highest BCUT2D eigenvalue weighted by atomic mass is 35.5. The van der Waals surface area contributed by atoms with Crippen molar-refractivity contribution in [2.45, 2.75) is 18.7 Å². The van der Waals surface area contributed by atoms with Gasteiger partial charge in [0.2, 0.25) is 0 Å². The van der Waals surface area contributed by atoms with Gasteiger partial charge in [0.05, 0.1) is 10.7 Å². The minimum Gasteiger partial charge on any atom is -0.398 e. The molecule has 0 fully saturated rings. The average Bonchev–Trinajstić information content (AvgIpc) is 2.01. The largest absolute Gasteiger partial charge is 0.398 e. The molecular formula is C9H12ClNS. The van der Waals surface area contributed by atoms with Gasteiger partial charge in [0.25, 0.3) is 0 Å². The van der Waals surface area contributed by atoms with Crippen LogP contribution in [-0.2, 0) is 0 Å². The van der Waals surface area contributed by atoms with Crippen LogP contribution < -0.4 is 5.73 Å². The lowest BCUT2D eigenvalue weighted by atomic mass is 10.2. The van der Waals surface area contributed by atoms with Gasteiger partial charge in [0.15, 0.2) is 0 Å². The number of nitrogen functional groups attached to an aromatic ring is 1. The molecule has 66 valence electrons. The number of anilines is 1. The summed E-state index contributed by atoms with van der Waals surface area (Å²) in [5.74, 6) is 1.06. The molecule has 0 amide bonds. The Bertz CT molecular complexity index is 286. The Morgan fingerprint density at radius 2 is 2.17 bits per heavy atom. The Hall–Kier alpha value is -0.340. The summed E-state index contributed by atoms with van der Waals surface area (Å²) < 4.78 is 0. The molecule has 1 rings (SSSR count). The third-order valence-electron chi connectivity index (χ3n) is 1.59. The van der Waals surface area contributed by atoms with E-state index in [1.807, 2.05) is 19.1 Å². The maximum atomic E-state index is 5.88. The number of rotatable bonds is 2. The minimum atomic E-state index is 0.650. The monoisotopic (exact) mass is 201 g/mol. The molecule has 0 saturated heterocycles. The van der Waals surface area contributed by atoms with Crippen LogP contribution in [0.15, 0.2) is 17.0 Å². The zero-order valence-corrected chi connectivity index (χ0v) is 8.80. The van der Waals surface area contributed by atoms with Crippen molar-refractivity contribution < 1.29 is 0 Å². The molecule has 0 saturated carbocycles. The highest BCUT2D eigenvalue weighted by Gasteiger charge is 2.02. The van der Waals surface area contributed by atoms with Crippen LogP contribution in [0.3, 0.4) is 0 Å². The molecule has 0 aliphatic heterocycles. The first-order chi connectivity index (χ1) is 5.65. The SMILES string of the molecule is CCSc1cc(Cl)c(N)cc1C. The van der Waals surface area contributed by atoms with Gasteiger partial charge < -0.3 is 5.73 Å². The third-order valence-corrected chi connectivity index (χ3v) is 2.96. The number of benzene rings is 1. The maximum Gasteiger partial charge on any atom is 0.0646 e. The van der Waals surface area contributed by atoms with Crippen LogP contribution >= 0.6 is 23.4 Å². The van der Waals surface area contributed by atoms with E-state index in [1.165, 1.54) is 10.5 Å². The summed E-state index contributed by atoms with van der Waals surface area (Å²) in [7, 11) is 0. The average molecular weight is 202 g/mol. The quantitative estimate of drug-likeness (QED) is 0.587. The van der Waals surface area contributed by atoms with Crippen molar-refractivity contribution in [3.8, 4) is 0 Å². The number of aryl methyl sites for hydroxylation is 1. The molecule has 0 heterocycles. The molecule has 12 heavy (non-hydrogen) atoms. The van der Waals surface area contributed by atoms with Crippen LogP contribution in [0.1, 0.15) is 12.5 Å². The van der Waals surface area contributed by atoms with E-state index in [0.717, 1.165) is 5.75 Å². The van der Waals surface area contributed by atoms with Crippen molar-refractivity contribution in [3.63, 3.8) is 0 Å². The molecule has 0 aliphatic carbocycles. The van der Waals surface area contributed by atoms with Crippen molar-refractivity contribution in [2.24, 2.45) is 0 Å². The maximum absolute atomic E-state index is 5.88. The van der Waals surface area contributed by atoms with Gasteiger partial charge in [-0.2, -0.15) is 0 Å². The van der Waals surface area contributed by atoms with Crippen LogP contribution in [0.5, 0.6) is 0 Å². The number of thioether (sulfide) groups is 1. The fourth-order valence-electron chi connectivity index (χ4n) is 0.997. The standard InChI is InChI=1S/C9H12ClNS/c1-3-12-9-5-7(10)8(11)4-6(9)2/h4-5H,3,11H2,1-2H3. The van der Waals surface area contributed by atoms with E-state index in [2.05, 4.69) is 6.92 Å². The van der Waals surface area contributed by atoms with Crippen molar-refractivity contribution in [2.75, 3.05) is 11.5 Å². The van der Waals surface area contributed by atoms with Crippen molar-refractivity contribution in [1.29, 1.82) is 0 Å². The zero-order chi connectivity index (χ0) is 9.14. The summed E-state index contributed by atoms with van der Waals surface area (Å²) >= 11 is 7.67. The molecule has 0 unspecified atom stereocenters. The van der Waals surface area contributed by atoms with Gasteiger partial charge in [0.1, 0.15) is 0 Å². The van der Waals surface area contributed by atoms with Crippen LogP contribution in [0.4, 0.5) is 5.69 Å². The van der Waals surface area contributed by atoms with Crippen molar-refractivity contribution >= 4 is 29.1 Å². The van der Waals surface area contributed by atoms with Gasteiger partial charge in [-0.05, 0) is 30.4 Å². The van der Waals surface area contributed by atoms with E-state index >= 15 is 0 Å². The van der Waals surface area contributed by atoms with Crippen molar-refractivity contribution in [1.82, 2.24) is 0 Å². The van der Waals surface area contributed by atoms with Crippen LogP contribution in [0, 0.1) is 6.92 Å². The molecule has 2 N–H and O–H groups in total. The Labute approximate surface area is 82.3 Å². The fraction of sp³-hybridized carbons (Fsp3) is 0.333. The Kier molecular flexibility index (Phi) is 3.29. The molecule has 0 radical (unpaired) electrons. The van der Waals surface area contributed by atoms with E-state index in [-0.39, 0.29) is 0 Å². The Morgan fingerprint density at radius 3 is 2.75 bits per heavy atom. The van der Waals surface area contributed by atoms with Gasteiger partial charge in [-0.3, -0.25) is 0 Å². The highest BCUT2D eigenvalue weighted by Crippen LogP contribution is 2.29. The molecule has 0 aliphatic rings. The van der Waals surface area contributed by atoms with E-state index in [9.17, 15) is 0 Å². The molecule has 1 aromatic carbocycles. The van der Waals surface area contributed by atoms with E-state index < -0.39 is 0 Å². The predicted molar refractivity (Wildman–Crippen MR) is 57.0 cm³/mol. The van der Waals surface area contributed by atoms with E-state index in [4.69, 9.17) is 17.3 Å². The van der Waals surface area contributed by atoms with Crippen LogP contribution in [-0.4, -0.2) is 5.75 Å². The zero-order valence-electron chi connectivity index (χ0n) is 7.23. The summed E-state index contributed by atoms with van der Waals surface area (Å²) in [4.78, 5) is 1.22. The lowest BCUT2D eigenvalue weighted by Crippen LogP contribution is -1.89. The summed E-state index contributed by atoms with van der Waals surface area (Å²) in [6.07, 6.45) is 0. The fourth-order valence-corrected chi connectivity index (χ4v) is 2.02. The second kappa shape index (κ2) is 4.06. The predicted octanol–water partition coefficient (Wildman–Crippen LogP) is 3.34. The summed E-state index contributed by atoms with van der Waals surface area (Å²) in [5, 5.41) is 0.650. The number of hydrogen-bond donors (Lipinski definition) is 1. The molecule has 1 nitrogen and oxygen atoms in total. The van der Waals surface area contributed by atoms with E-state index in [1.54, 1.807) is 11.8 Å². The molecule has 0 atom stereocenters. The van der Waals surface area contributed by atoms with Gasteiger partial charge in [-0.25, -0.2) is 0 Å². The topological polar surface area (TPSA) is 26.0 Å². The number of nitrogens with two attached hydrogens (primary N) is 1. The summed E-state index contributed by atoms with van der Waals surface area (Å²) in [6, 6.07) is 3.85. The molecule has 0 spiro atoms. The van der Waals surface area contributed by atoms with Gasteiger partial charge in [-0.1, -0.05) is 18.5 Å². The van der Waals surface area contributed by atoms with Crippen LogP contribution in [0.2, 0.25) is 5.02 Å². The Morgan fingerprint density at radius 1 is 1.50 bits per heavy atom. The lowest BCUT2D eigenvalue weighted by molar-refractivity contribution is 1.30. The third kappa shape index (κ3) is 2.08. The van der Waals surface area contributed by atoms with Crippen LogP contribution in [0.25, 0.3) is 0 Å². The van der Waals surface area contributed by atoms with Gasteiger partial charge >= 0.3 is 0 Å². The molecule has 0 bridgehead atoms.